The van der Waals surface area contributed by atoms with Crippen molar-refractivity contribution in [1.29, 1.82) is 0 Å². The average Bonchev–Trinajstić information content (AvgIpc) is 3.34. The number of hydrogen-bond acceptors (Lipinski definition) is 6. The molecule has 2 heterocycles. The van der Waals surface area contributed by atoms with Crippen LogP contribution < -0.4 is 21.3 Å². The summed E-state index contributed by atoms with van der Waals surface area (Å²) in [5, 5.41) is 31.4. The highest BCUT2D eigenvalue weighted by Crippen LogP contribution is 2.44. The zero-order valence-electron chi connectivity index (χ0n) is 21.3. The molecule has 2 aliphatic heterocycles. The van der Waals surface area contributed by atoms with E-state index in [0.29, 0.717) is 41.5 Å². The van der Waals surface area contributed by atoms with Gasteiger partial charge in [0.05, 0.1) is 11.7 Å². The molecule has 3 aromatic rings. The van der Waals surface area contributed by atoms with Crippen LogP contribution in [0.2, 0.25) is 5.02 Å². The molecule has 0 saturated carbocycles. The lowest BCUT2D eigenvalue weighted by Gasteiger charge is -2.37. The minimum atomic E-state index is -1.19. The Morgan fingerprint density at radius 1 is 1.05 bits per heavy atom. The van der Waals surface area contributed by atoms with E-state index in [4.69, 9.17) is 21.4 Å². The second kappa shape index (κ2) is 11.4. The van der Waals surface area contributed by atoms with Gasteiger partial charge in [-0.25, -0.2) is 14.4 Å². The molecule has 3 aromatic carbocycles. The normalized spacial score (nSPS) is 19.6. The van der Waals surface area contributed by atoms with E-state index >= 15 is 0 Å². The van der Waals surface area contributed by atoms with Gasteiger partial charge < -0.3 is 25.6 Å². The molecular formula is C28H28ClN5O6. The van der Waals surface area contributed by atoms with Crippen molar-refractivity contribution in [2.75, 3.05) is 29.0 Å². The molecule has 0 bridgehead atoms. The van der Waals surface area contributed by atoms with Crippen molar-refractivity contribution in [3.63, 3.8) is 0 Å². The lowest BCUT2D eigenvalue weighted by molar-refractivity contribution is -0.0350. The summed E-state index contributed by atoms with van der Waals surface area (Å²) >= 11 is 6.25. The van der Waals surface area contributed by atoms with Crippen LogP contribution in [0.5, 0.6) is 0 Å². The lowest BCUT2D eigenvalue weighted by atomic mass is 9.90. The monoisotopic (exact) mass is 565 g/mol. The SMILES string of the molecule is O=C(O)Nc1ccc(NC(=O)N[C@@H](Cc2ccccc2)C(O)N2CCC3(C2)OC(=O)Nc2ccc(Cl)cc23)cc1. The van der Waals surface area contributed by atoms with Crippen molar-refractivity contribution >= 4 is 46.9 Å². The number of anilines is 3. The first-order chi connectivity index (χ1) is 19.2. The maximum atomic E-state index is 13.0. The Kier molecular flexibility index (Phi) is 7.78. The third-order valence-electron chi connectivity index (χ3n) is 7.00. The van der Waals surface area contributed by atoms with Crippen molar-refractivity contribution in [3.05, 3.63) is 88.9 Å². The van der Waals surface area contributed by atoms with Crippen LogP contribution in [0.25, 0.3) is 0 Å². The van der Waals surface area contributed by atoms with Crippen molar-refractivity contribution < 1.29 is 29.3 Å². The molecule has 11 nitrogen and oxygen atoms in total. The van der Waals surface area contributed by atoms with Crippen LogP contribution >= 0.6 is 11.6 Å². The highest BCUT2D eigenvalue weighted by Gasteiger charge is 2.49. The smallest absolute Gasteiger partial charge is 0.412 e. The summed E-state index contributed by atoms with van der Waals surface area (Å²) in [4.78, 5) is 37.9. The number of rotatable bonds is 7. The lowest BCUT2D eigenvalue weighted by Crippen LogP contribution is -2.54. The number of fused-ring (bicyclic) bond motifs is 2. The van der Waals surface area contributed by atoms with Crippen LogP contribution in [0.3, 0.4) is 0 Å². The van der Waals surface area contributed by atoms with E-state index in [2.05, 4.69) is 21.3 Å². The van der Waals surface area contributed by atoms with Crippen molar-refractivity contribution in [2.45, 2.75) is 30.7 Å². The molecule has 208 valence electrons. The molecule has 40 heavy (non-hydrogen) atoms. The molecule has 2 unspecified atom stereocenters. The van der Waals surface area contributed by atoms with Crippen LogP contribution in [0, 0.1) is 0 Å². The van der Waals surface area contributed by atoms with Gasteiger partial charge in [-0.1, -0.05) is 41.9 Å². The van der Waals surface area contributed by atoms with Crippen LogP contribution in [-0.2, 0) is 16.8 Å². The number of benzene rings is 3. The number of likely N-dealkylation sites (tertiary alicyclic amines) is 1. The molecule has 12 heteroatoms. The number of carbonyl (C=O) groups excluding carboxylic acids is 2. The Hall–Kier alpha value is -4.32. The van der Waals surface area contributed by atoms with E-state index in [0.717, 1.165) is 11.1 Å². The van der Waals surface area contributed by atoms with Crippen LogP contribution in [0.4, 0.5) is 31.4 Å². The third-order valence-corrected chi connectivity index (χ3v) is 7.24. The molecule has 0 aliphatic carbocycles. The molecule has 2 aliphatic rings. The molecule has 0 aromatic heterocycles. The molecule has 1 spiro atoms. The quantitative estimate of drug-likeness (QED) is 0.244. The number of nitrogens with zero attached hydrogens (tertiary/aromatic N) is 1. The molecule has 1 saturated heterocycles. The largest absolute Gasteiger partial charge is 0.465 e. The Labute approximate surface area is 235 Å². The Bertz CT molecular complexity index is 1410. The Morgan fingerprint density at radius 2 is 1.75 bits per heavy atom. The fraction of sp³-hybridized carbons (Fsp3) is 0.250. The predicted octanol–water partition coefficient (Wildman–Crippen LogP) is 4.64. The molecule has 1 fully saturated rings. The van der Waals surface area contributed by atoms with Crippen LogP contribution in [-0.4, -0.2) is 58.7 Å². The minimum absolute atomic E-state index is 0.210. The number of halogens is 1. The Balaban J connectivity index is 1.32. The first kappa shape index (κ1) is 27.3. The Morgan fingerprint density at radius 3 is 2.45 bits per heavy atom. The number of urea groups is 1. The van der Waals surface area contributed by atoms with E-state index < -0.39 is 36.1 Å². The second-order valence-corrected chi connectivity index (χ2v) is 10.2. The maximum Gasteiger partial charge on any atom is 0.412 e. The summed E-state index contributed by atoms with van der Waals surface area (Å²) in [5.41, 5.74) is 2.07. The number of aliphatic hydroxyl groups excluding tert-OH is 1. The number of ether oxygens (including phenoxy) is 1. The standard InChI is InChI=1S/C28H28ClN5O6/c29-18-6-11-22-21(15-18)28(40-27(39)33-22)12-13-34(16-28)24(35)23(14-17-4-2-1-3-5-17)32-25(36)30-19-7-9-20(10-8-19)31-26(37)38/h1-11,15,23-24,31,35H,12-14,16H2,(H,33,39)(H,37,38)(H2,30,32,36)/t23-,24?,28?/m0/s1. The first-order valence-electron chi connectivity index (χ1n) is 12.6. The van der Waals surface area contributed by atoms with Gasteiger partial charge in [0.2, 0.25) is 0 Å². The maximum absolute atomic E-state index is 13.0. The number of amides is 4. The number of hydrogen-bond donors (Lipinski definition) is 6. The number of carboxylic acid groups (broad SMARTS) is 1. The summed E-state index contributed by atoms with van der Waals surface area (Å²) in [7, 11) is 0. The van der Waals surface area contributed by atoms with Gasteiger partial charge in [-0.15, -0.1) is 0 Å². The fourth-order valence-corrected chi connectivity index (χ4v) is 5.33. The van der Waals surface area contributed by atoms with Crippen molar-refractivity contribution in [2.24, 2.45) is 0 Å². The number of aliphatic hydroxyl groups is 1. The van der Waals surface area contributed by atoms with Crippen LogP contribution in [0.15, 0.2) is 72.8 Å². The third kappa shape index (κ3) is 6.12. The van der Waals surface area contributed by atoms with E-state index in [9.17, 15) is 19.5 Å². The topological polar surface area (TPSA) is 152 Å². The summed E-state index contributed by atoms with van der Waals surface area (Å²) in [6.45, 7) is 0.620. The number of nitrogens with one attached hydrogen (secondary N) is 4. The van der Waals surface area contributed by atoms with Crippen molar-refractivity contribution in [1.82, 2.24) is 10.2 Å². The molecule has 6 N–H and O–H groups in total. The molecule has 0 radical (unpaired) electrons. The van der Waals surface area contributed by atoms with Gasteiger partial charge in [0.15, 0.2) is 5.60 Å². The minimum Gasteiger partial charge on any atom is -0.465 e. The average molecular weight is 566 g/mol. The molecular weight excluding hydrogens is 538 g/mol. The van der Waals surface area contributed by atoms with E-state index in [-0.39, 0.29) is 6.54 Å². The summed E-state index contributed by atoms with van der Waals surface area (Å²) < 4.78 is 5.79. The van der Waals surface area contributed by atoms with E-state index in [1.54, 1.807) is 35.2 Å². The summed E-state index contributed by atoms with van der Waals surface area (Å²) in [5.74, 6) is 0. The summed E-state index contributed by atoms with van der Waals surface area (Å²) in [6, 6.07) is 19.5. The molecule has 5 rings (SSSR count). The number of carbonyl (C=O) groups is 3. The van der Waals surface area contributed by atoms with Gasteiger partial charge in [0.1, 0.15) is 6.23 Å². The first-order valence-corrected chi connectivity index (χ1v) is 13.0. The van der Waals surface area contributed by atoms with Gasteiger partial charge in [-0.05, 0) is 54.4 Å². The van der Waals surface area contributed by atoms with Crippen molar-refractivity contribution in [3.8, 4) is 0 Å². The van der Waals surface area contributed by atoms with Gasteiger partial charge in [0.25, 0.3) is 0 Å². The molecule has 4 amide bonds. The van der Waals surface area contributed by atoms with Crippen LogP contribution in [0.1, 0.15) is 17.5 Å². The van der Waals surface area contributed by atoms with Gasteiger partial charge in [-0.2, -0.15) is 0 Å². The van der Waals surface area contributed by atoms with Gasteiger partial charge in [0, 0.05) is 41.5 Å². The molecule has 3 atom stereocenters. The zero-order valence-corrected chi connectivity index (χ0v) is 22.0. The van der Waals surface area contributed by atoms with Gasteiger partial charge >= 0.3 is 18.2 Å². The fourth-order valence-electron chi connectivity index (χ4n) is 5.16. The second-order valence-electron chi connectivity index (χ2n) is 9.73. The van der Waals surface area contributed by atoms with Gasteiger partial charge in [-0.3, -0.25) is 15.5 Å². The predicted molar refractivity (Wildman–Crippen MR) is 150 cm³/mol. The highest BCUT2D eigenvalue weighted by molar-refractivity contribution is 6.30. The van der Waals surface area contributed by atoms with E-state index in [1.807, 2.05) is 30.3 Å². The van der Waals surface area contributed by atoms with E-state index in [1.165, 1.54) is 12.1 Å². The zero-order chi connectivity index (χ0) is 28.3. The highest BCUT2D eigenvalue weighted by atomic mass is 35.5. The summed E-state index contributed by atoms with van der Waals surface area (Å²) in [6.07, 6.45) is -2.10.